The van der Waals surface area contributed by atoms with Gasteiger partial charge in [0.05, 0.1) is 17.9 Å². The Kier molecular flexibility index (Phi) is 6.99. The molecule has 1 aromatic carbocycles. The van der Waals surface area contributed by atoms with Crippen LogP contribution in [0.25, 0.3) is 0 Å². The lowest BCUT2D eigenvalue weighted by molar-refractivity contribution is -0.148. The van der Waals surface area contributed by atoms with Gasteiger partial charge >= 0.3 is 0 Å². The molecule has 8 nitrogen and oxygen atoms in total. The molecule has 5 atom stereocenters. The van der Waals surface area contributed by atoms with Crippen molar-refractivity contribution in [3.8, 4) is 0 Å². The van der Waals surface area contributed by atoms with Crippen LogP contribution in [-0.4, -0.2) is 88.6 Å². The number of hydrogen-bond acceptors (Lipinski definition) is 5. The molecule has 1 unspecified atom stereocenters. The molecule has 192 valence electrons. The first-order valence-electron chi connectivity index (χ1n) is 13.0. The number of rotatable bonds is 8. The van der Waals surface area contributed by atoms with Gasteiger partial charge < -0.3 is 24.5 Å². The molecule has 0 radical (unpaired) electrons. The highest BCUT2D eigenvalue weighted by Crippen LogP contribution is 2.53. The average Bonchev–Trinajstić information content (AvgIpc) is 3.20. The van der Waals surface area contributed by atoms with Gasteiger partial charge in [-0.05, 0) is 18.4 Å². The first-order chi connectivity index (χ1) is 17.5. The number of likely N-dealkylation sites (tertiary alicyclic amines) is 1. The summed E-state index contributed by atoms with van der Waals surface area (Å²) < 4.78 is 6.61. The maximum Gasteiger partial charge on any atom is 0.249 e. The zero-order chi connectivity index (χ0) is 25.3. The van der Waals surface area contributed by atoms with E-state index in [1.54, 1.807) is 21.7 Å². The van der Waals surface area contributed by atoms with Crippen molar-refractivity contribution in [2.45, 2.75) is 50.0 Å². The number of likely N-dealkylation sites (N-methyl/N-ethyl adjacent to an activating group) is 1. The number of aliphatic hydroxyl groups excluding tert-OH is 1. The fourth-order valence-electron chi connectivity index (χ4n) is 6.24. The van der Waals surface area contributed by atoms with Crippen LogP contribution >= 0.6 is 0 Å². The van der Waals surface area contributed by atoms with Crippen molar-refractivity contribution >= 4 is 17.7 Å². The van der Waals surface area contributed by atoms with Crippen molar-refractivity contribution in [3.63, 3.8) is 0 Å². The van der Waals surface area contributed by atoms with Crippen LogP contribution in [0.4, 0.5) is 0 Å². The number of amides is 3. The van der Waals surface area contributed by atoms with Crippen LogP contribution in [0, 0.1) is 11.8 Å². The summed E-state index contributed by atoms with van der Waals surface area (Å²) in [5.41, 5.74) is -0.151. The molecule has 5 rings (SSSR count). The minimum absolute atomic E-state index is 0.116. The summed E-state index contributed by atoms with van der Waals surface area (Å²) in [4.78, 5) is 46.6. The van der Waals surface area contributed by atoms with E-state index in [9.17, 15) is 14.4 Å². The fourth-order valence-corrected chi connectivity index (χ4v) is 6.24. The van der Waals surface area contributed by atoms with E-state index >= 15 is 0 Å². The summed E-state index contributed by atoms with van der Waals surface area (Å²) >= 11 is 0. The third kappa shape index (κ3) is 4.16. The van der Waals surface area contributed by atoms with E-state index in [-0.39, 0.29) is 24.3 Å². The highest BCUT2D eigenvalue weighted by Gasteiger charge is 2.71. The van der Waals surface area contributed by atoms with Gasteiger partial charge in [-0.2, -0.15) is 0 Å². The lowest BCUT2D eigenvalue weighted by atomic mass is 9.77. The van der Waals surface area contributed by atoms with Crippen molar-refractivity contribution in [2.24, 2.45) is 11.8 Å². The third-order valence-corrected chi connectivity index (χ3v) is 7.97. The first-order valence-corrected chi connectivity index (χ1v) is 13.0. The van der Waals surface area contributed by atoms with Crippen molar-refractivity contribution in [1.82, 2.24) is 14.7 Å². The van der Waals surface area contributed by atoms with Crippen LogP contribution in [0.2, 0.25) is 0 Å². The van der Waals surface area contributed by atoms with Gasteiger partial charge in [0.15, 0.2) is 0 Å². The molecule has 2 fully saturated rings. The van der Waals surface area contributed by atoms with Crippen molar-refractivity contribution in [1.29, 1.82) is 0 Å². The van der Waals surface area contributed by atoms with Gasteiger partial charge in [-0.3, -0.25) is 14.4 Å². The Morgan fingerprint density at radius 3 is 2.53 bits per heavy atom. The van der Waals surface area contributed by atoms with E-state index in [4.69, 9.17) is 9.84 Å². The predicted octanol–water partition coefficient (Wildman–Crippen LogP) is 1.75. The van der Waals surface area contributed by atoms with Crippen LogP contribution < -0.4 is 0 Å². The molecule has 36 heavy (non-hydrogen) atoms. The fraction of sp³-hybridized carbons (Fsp3) is 0.536. The highest BCUT2D eigenvalue weighted by atomic mass is 16.5. The standard InChI is InChI=1S/C28H35N3O5/c1-29-15-9-13-21-22(25(29)33)23-26(34)31(17-7-2-3-8-18-32)24-27(35)30(16-10-14-28(23,24)36-21)19-20-11-5-4-6-12-20/h4-6,9-14,21-24,32H,2-3,7-8,15-19H2,1H3/t21-,22+,23-,24?,28-/m0/s1. The SMILES string of the molecule is CN1CC=C[C@@H]2O[C@]34C=CCN(Cc5ccccc5)C(=O)C3N(CCCCCCO)C(=O)[C@@H]4[C@@H]2C1=O. The molecular formula is C28H35N3O5. The molecule has 1 spiro atoms. The van der Waals surface area contributed by atoms with E-state index in [1.807, 2.05) is 54.6 Å². The topological polar surface area (TPSA) is 90.4 Å². The molecule has 0 aliphatic carbocycles. The lowest BCUT2D eigenvalue weighted by Crippen LogP contribution is -2.55. The average molecular weight is 494 g/mol. The van der Waals surface area contributed by atoms with Crippen molar-refractivity contribution < 1.29 is 24.2 Å². The van der Waals surface area contributed by atoms with Gasteiger partial charge in [0.2, 0.25) is 17.7 Å². The first kappa shape index (κ1) is 24.7. The second-order valence-electron chi connectivity index (χ2n) is 10.3. The lowest BCUT2D eigenvalue weighted by Gasteiger charge is -2.35. The number of benzene rings is 1. The number of carbonyl (C=O) groups excluding carboxylic acids is 3. The van der Waals surface area contributed by atoms with Crippen molar-refractivity contribution in [2.75, 3.05) is 33.3 Å². The summed E-state index contributed by atoms with van der Waals surface area (Å²) in [6, 6.07) is 9.01. The minimum atomic E-state index is -1.17. The molecule has 0 saturated carbocycles. The summed E-state index contributed by atoms with van der Waals surface area (Å²) in [6.45, 7) is 1.90. The number of fused-ring (bicyclic) bond motifs is 2. The van der Waals surface area contributed by atoms with E-state index in [0.717, 1.165) is 31.2 Å². The zero-order valence-corrected chi connectivity index (χ0v) is 20.8. The number of nitrogens with zero attached hydrogens (tertiary/aromatic N) is 3. The summed E-state index contributed by atoms with van der Waals surface area (Å²) in [5.74, 6) is -1.82. The van der Waals surface area contributed by atoms with Gasteiger partial charge in [0, 0.05) is 39.8 Å². The molecule has 3 amide bonds. The Hall–Kier alpha value is -2.97. The molecular weight excluding hydrogens is 458 g/mol. The normalized spacial score (nSPS) is 31.4. The quantitative estimate of drug-likeness (QED) is 0.440. The summed E-state index contributed by atoms with van der Waals surface area (Å²) in [5, 5.41) is 9.10. The Balaban J connectivity index is 1.49. The van der Waals surface area contributed by atoms with Gasteiger partial charge in [0.1, 0.15) is 11.6 Å². The summed E-state index contributed by atoms with van der Waals surface area (Å²) in [7, 11) is 1.74. The second kappa shape index (κ2) is 10.2. The molecule has 2 saturated heterocycles. The number of ether oxygens (including phenoxy) is 1. The number of hydrogen-bond donors (Lipinski definition) is 1. The number of carbonyl (C=O) groups is 3. The van der Waals surface area contributed by atoms with Gasteiger partial charge in [0.25, 0.3) is 0 Å². The molecule has 1 aromatic rings. The highest BCUT2D eigenvalue weighted by molar-refractivity contribution is 5.99. The Labute approximate surface area is 212 Å². The molecule has 0 bridgehead atoms. The molecule has 0 aromatic heterocycles. The Bertz CT molecular complexity index is 1060. The maximum absolute atomic E-state index is 14.1. The van der Waals surface area contributed by atoms with Crippen LogP contribution in [0.3, 0.4) is 0 Å². The van der Waals surface area contributed by atoms with Gasteiger partial charge in [-0.25, -0.2) is 0 Å². The molecule has 4 aliphatic rings. The maximum atomic E-state index is 14.1. The van der Waals surface area contributed by atoms with Crippen LogP contribution in [0.15, 0.2) is 54.6 Å². The number of unbranched alkanes of at least 4 members (excludes halogenated alkanes) is 3. The third-order valence-electron chi connectivity index (χ3n) is 7.97. The van der Waals surface area contributed by atoms with E-state index in [2.05, 4.69) is 0 Å². The zero-order valence-electron chi connectivity index (χ0n) is 20.8. The molecule has 4 aliphatic heterocycles. The smallest absolute Gasteiger partial charge is 0.249 e. The minimum Gasteiger partial charge on any atom is -0.396 e. The van der Waals surface area contributed by atoms with Gasteiger partial charge in [-0.15, -0.1) is 0 Å². The Morgan fingerprint density at radius 1 is 0.972 bits per heavy atom. The van der Waals surface area contributed by atoms with E-state index in [1.165, 1.54) is 0 Å². The predicted molar refractivity (Wildman–Crippen MR) is 133 cm³/mol. The molecule has 8 heteroatoms. The van der Waals surface area contributed by atoms with Crippen LogP contribution in [0.5, 0.6) is 0 Å². The monoisotopic (exact) mass is 493 g/mol. The van der Waals surface area contributed by atoms with Crippen LogP contribution in [0.1, 0.15) is 31.2 Å². The molecule has 4 heterocycles. The molecule has 1 N–H and O–H groups in total. The van der Waals surface area contributed by atoms with Crippen molar-refractivity contribution in [3.05, 3.63) is 60.2 Å². The largest absolute Gasteiger partial charge is 0.396 e. The second-order valence-corrected chi connectivity index (χ2v) is 10.3. The van der Waals surface area contributed by atoms with Crippen LogP contribution in [-0.2, 0) is 25.7 Å². The Morgan fingerprint density at radius 2 is 1.75 bits per heavy atom. The van der Waals surface area contributed by atoms with Gasteiger partial charge in [-0.1, -0.05) is 67.5 Å². The summed E-state index contributed by atoms with van der Waals surface area (Å²) in [6.07, 6.45) is 10.2. The number of aliphatic hydroxyl groups is 1. The van der Waals surface area contributed by atoms with E-state index in [0.29, 0.717) is 26.2 Å². The van der Waals surface area contributed by atoms with E-state index < -0.39 is 29.6 Å².